The first-order valence-corrected chi connectivity index (χ1v) is 23.7. The van der Waals surface area contributed by atoms with Crippen LogP contribution in [0, 0.1) is 0 Å². The highest BCUT2D eigenvalue weighted by molar-refractivity contribution is 6.07. The first-order valence-electron chi connectivity index (χ1n) is 23.7. The van der Waals surface area contributed by atoms with Gasteiger partial charge in [0.05, 0.1) is 28.8 Å². The summed E-state index contributed by atoms with van der Waals surface area (Å²) in [6.07, 6.45) is 0. The molecule has 0 saturated heterocycles. The van der Waals surface area contributed by atoms with Crippen LogP contribution in [0.15, 0.2) is 243 Å². The Balaban J connectivity index is 1.09. The van der Waals surface area contributed by atoms with Crippen molar-refractivity contribution in [2.75, 3.05) is 39.7 Å². The molecule has 68 heavy (non-hydrogen) atoms. The van der Waals surface area contributed by atoms with Gasteiger partial charge in [-0.25, -0.2) is 0 Å². The quantitative estimate of drug-likeness (QED) is 0.151. The third-order valence-corrected chi connectivity index (χ3v) is 14.3. The van der Waals surface area contributed by atoms with Crippen LogP contribution in [0.25, 0.3) is 64.6 Å². The zero-order valence-electron chi connectivity index (χ0n) is 37.9. The second kappa shape index (κ2) is 16.4. The number of rotatable bonds is 8. The van der Waals surface area contributed by atoms with Gasteiger partial charge in [0.25, 0.3) is 0 Å². The second-order valence-corrected chi connectivity index (χ2v) is 18.2. The number of nitrogens with zero attached hydrogens (tertiary/aromatic N) is 4. The van der Waals surface area contributed by atoms with E-state index in [9.17, 15) is 0 Å². The highest BCUT2D eigenvalue weighted by Gasteiger charge is 2.37. The minimum atomic E-state index is -0.0606. The Labute approximate surface area is 396 Å². The lowest BCUT2D eigenvalue weighted by atomic mass is 9.96. The van der Waals surface area contributed by atoms with Crippen molar-refractivity contribution < 1.29 is 0 Å². The summed E-state index contributed by atoms with van der Waals surface area (Å²) >= 11 is 0. The first-order chi connectivity index (χ1) is 33.6. The van der Waals surface area contributed by atoms with E-state index in [-0.39, 0.29) is 6.04 Å². The molecule has 0 amide bonds. The van der Waals surface area contributed by atoms with Gasteiger partial charge in [-0.15, -0.1) is 0 Å². The highest BCUT2D eigenvalue weighted by Crippen LogP contribution is 2.50. The summed E-state index contributed by atoms with van der Waals surface area (Å²) in [4.78, 5) is 10.3. The summed E-state index contributed by atoms with van der Waals surface area (Å²) in [7, 11) is 2.24. The van der Waals surface area contributed by atoms with Gasteiger partial charge in [-0.3, -0.25) is 0 Å². The van der Waals surface area contributed by atoms with Crippen molar-refractivity contribution in [2.45, 2.75) is 6.04 Å². The van der Waals surface area contributed by atoms with Crippen molar-refractivity contribution in [2.24, 2.45) is 0 Å². The molecule has 12 aromatic carbocycles. The van der Waals surface area contributed by atoms with Crippen LogP contribution in [0.3, 0.4) is 0 Å². The van der Waals surface area contributed by atoms with Crippen molar-refractivity contribution in [1.29, 1.82) is 0 Å². The zero-order chi connectivity index (χ0) is 45.1. The fourth-order valence-corrected chi connectivity index (χ4v) is 11.1. The Kier molecular flexibility index (Phi) is 9.57. The number of hydrogen-bond donors (Lipinski definition) is 0. The molecule has 0 aliphatic carbocycles. The Morgan fingerprint density at radius 3 is 1.32 bits per heavy atom. The maximum Gasteiger partial charge on any atom is 0.0701 e. The molecule has 0 aromatic heterocycles. The molecule has 0 radical (unpaired) electrons. The summed E-state index contributed by atoms with van der Waals surface area (Å²) in [6.45, 7) is 1.39. The minimum Gasteiger partial charge on any atom is -0.342 e. The fraction of sp³-hybridized carbons (Fsp3) is 0.0625. The summed E-state index contributed by atoms with van der Waals surface area (Å²) in [5.41, 5.74) is 9.41. The Hall–Kier alpha value is -8.60. The predicted octanol–water partition coefficient (Wildman–Crippen LogP) is 16.9. The predicted molar refractivity (Wildman–Crippen MR) is 292 cm³/mol. The van der Waals surface area contributed by atoms with Crippen LogP contribution >= 0.6 is 0 Å². The van der Waals surface area contributed by atoms with Crippen molar-refractivity contribution >= 4 is 110 Å². The lowest BCUT2D eigenvalue weighted by molar-refractivity contribution is 0.635. The van der Waals surface area contributed by atoms with Crippen molar-refractivity contribution in [3.05, 3.63) is 243 Å². The highest BCUT2D eigenvalue weighted by atomic mass is 15.3. The molecule has 324 valence electrons. The normalized spacial score (nSPS) is 13.8. The van der Waals surface area contributed by atoms with Crippen molar-refractivity contribution in [3.63, 3.8) is 0 Å². The second-order valence-electron chi connectivity index (χ2n) is 18.2. The van der Waals surface area contributed by atoms with Gasteiger partial charge in [0.2, 0.25) is 0 Å². The molecule has 0 N–H and O–H groups in total. The largest absolute Gasteiger partial charge is 0.342 e. The SMILES string of the molecule is CN(c1cc2ccccc2cc1N(CC1CN(c2cccc3ccccc23)c2cc3ccccc3cc2N1c1cccc2ccccc12)c1cccc2ccccc12)c1cccc2ccccc12. The number of hydrogen-bond acceptors (Lipinski definition) is 4. The van der Waals surface area contributed by atoms with Gasteiger partial charge in [0, 0.05) is 64.4 Å². The summed E-state index contributed by atoms with van der Waals surface area (Å²) in [5.74, 6) is 0. The third-order valence-electron chi connectivity index (χ3n) is 14.3. The van der Waals surface area contributed by atoms with Crippen LogP contribution in [-0.2, 0) is 0 Å². The molecule has 0 fully saturated rings. The molecule has 1 unspecified atom stereocenters. The lowest BCUT2D eigenvalue weighted by Gasteiger charge is -2.47. The van der Waals surface area contributed by atoms with E-state index >= 15 is 0 Å². The molecular formula is C64H48N4. The zero-order valence-corrected chi connectivity index (χ0v) is 37.9. The Morgan fingerprint density at radius 2 is 0.735 bits per heavy atom. The van der Waals surface area contributed by atoms with E-state index in [1.165, 1.54) is 93.1 Å². The van der Waals surface area contributed by atoms with Gasteiger partial charge < -0.3 is 19.6 Å². The Bertz CT molecular complexity index is 3870. The van der Waals surface area contributed by atoms with Crippen LogP contribution < -0.4 is 19.6 Å². The first kappa shape index (κ1) is 39.7. The number of anilines is 8. The molecule has 1 heterocycles. The molecule has 12 aromatic rings. The molecule has 13 rings (SSSR count). The standard InChI is InChI=1S/C64H48N4/c1-65(57-34-14-26-44-18-6-10-30-53(44)57)61-38-48-22-2-3-23-49(48)39-62(61)66(58-35-15-27-45-19-7-11-31-54(45)58)42-52-43-67(59-36-16-28-46-20-8-12-32-55(46)59)63-40-50-24-4-5-25-51(50)41-64(63)68(52)60-37-17-29-47-21-9-13-33-56(47)60/h2-41,52H,42-43H2,1H3. The lowest BCUT2D eigenvalue weighted by Crippen LogP contribution is -2.50. The molecule has 1 aliphatic rings. The van der Waals surface area contributed by atoms with Crippen LogP contribution in [0.2, 0.25) is 0 Å². The van der Waals surface area contributed by atoms with Crippen LogP contribution in [0.4, 0.5) is 45.5 Å². The van der Waals surface area contributed by atoms with Gasteiger partial charge in [-0.1, -0.05) is 194 Å². The number of fused-ring (bicyclic) bond motifs is 7. The van der Waals surface area contributed by atoms with Gasteiger partial charge >= 0.3 is 0 Å². The maximum atomic E-state index is 2.68. The Morgan fingerprint density at radius 1 is 0.338 bits per heavy atom. The van der Waals surface area contributed by atoms with Gasteiger partial charge in [0.15, 0.2) is 0 Å². The van der Waals surface area contributed by atoms with E-state index in [2.05, 4.69) is 269 Å². The topological polar surface area (TPSA) is 13.0 Å². The van der Waals surface area contributed by atoms with Gasteiger partial charge in [-0.05, 0) is 91.6 Å². The maximum absolute atomic E-state index is 2.68. The van der Waals surface area contributed by atoms with Crippen molar-refractivity contribution in [1.82, 2.24) is 0 Å². The fourth-order valence-electron chi connectivity index (χ4n) is 11.1. The smallest absolute Gasteiger partial charge is 0.0701 e. The molecule has 0 saturated carbocycles. The molecule has 0 spiro atoms. The van der Waals surface area contributed by atoms with E-state index in [1.54, 1.807) is 0 Å². The average molecular weight is 873 g/mol. The monoisotopic (exact) mass is 872 g/mol. The summed E-state index contributed by atoms with van der Waals surface area (Å²) in [5, 5.41) is 14.6. The van der Waals surface area contributed by atoms with E-state index < -0.39 is 0 Å². The minimum absolute atomic E-state index is 0.0606. The van der Waals surface area contributed by atoms with E-state index in [1.807, 2.05) is 0 Å². The average Bonchev–Trinajstić information content (AvgIpc) is 3.40. The van der Waals surface area contributed by atoms with E-state index in [0.29, 0.717) is 6.54 Å². The molecule has 1 atom stereocenters. The van der Waals surface area contributed by atoms with Gasteiger partial charge in [-0.2, -0.15) is 0 Å². The van der Waals surface area contributed by atoms with E-state index in [0.717, 1.165) is 23.6 Å². The molecule has 1 aliphatic heterocycles. The summed E-state index contributed by atoms with van der Waals surface area (Å²) in [6, 6.07) is 89.6. The number of benzene rings is 12. The molecule has 4 nitrogen and oxygen atoms in total. The summed E-state index contributed by atoms with van der Waals surface area (Å²) < 4.78 is 0. The van der Waals surface area contributed by atoms with Crippen LogP contribution in [0.1, 0.15) is 0 Å². The van der Waals surface area contributed by atoms with Crippen molar-refractivity contribution in [3.8, 4) is 0 Å². The third kappa shape index (κ3) is 6.67. The van der Waals surface area contributed by atoms with Crippen LogP contribution in [0.5, 0.6) is 0 Å². The van der Waals surface area contributed by atoms with Crippen LogP contribution in [-0.4, -0.2) is 26.2 Å². The molecule has 0 bridgehead atoms. The van der Waals surface area contributed by atoms with E-state index in [4.69, 9.17) is 0 Å². The molecule has 4 heteroatoms. The molecular weight excluding hydrogens is 825 g/mol. The van der Waals surface area contributed by atoms with Gasteiger partial charge in [0.1, 0.15) is 0 Å².